The minimum Gasteiger partial charge on any atom is -0.497 e. The summed E-state index contributed by atoms with van der Waals surface area (Å²) < 4.78 is 5.20. The third-order valence-electron chi connectivity index (χ3n) is 4.80. The molecular weight excluding hydrogens is 322 g/mol. The lowest BCUT2D eigenvalue weighted by Gasteiger charge is -2.31. The molecule has 2 heterocycles. The number of urea groups is 1. The van der Waals surface area contributed by atoms with Gasteiger partial charge in [-0.25, -0.2) is 4.79 Å². The summed E-state index contributed by atoms with van der Waals surface area (Å²) in [5.74, 6) is 0.233. The monoisotopic (exact) mass is 345 g/mol. The minimum absolute atomic E-state index is 0.0337. The van der Waals surface area contributed by atoms with E-state index in [2.05, 4.69) is 5.32 Å². The molecule has 0 bridgehead atoms. The van der Waals surface area contributed by atoms with Crippen LogP contribution < -0.4 is 10.1 Å². The summed E-state index contributed by atoms with van der Waals surface area (Å²) in [4.78, 5) is 39.1. The van der Waals surface area contributed by atoms with E-state index in [4.69, 9.17) is 4.74 Å². The number of nitrogens with one attached hydrogen (secondary N) is 1. The second-order valence-electron chi connectivity index (χ2n) is 6.36. The molecule has 0 unspecified atom stereocenters. The fourth-order valence-electron chi connectivity index (χ4n) is 3.42. The van der Waals surface area contributed by atoms with Crippen LogP contribution in [0.4, 0.5) is 4.79 Å². The molecule has 4 amide bonds. The third kappa shape index (κ3) is 3.75. The minimum atomic E-state index is -0.492. The first-order chi connectivity index (χ1) is 12.1. The highest BCUT2D eigenvalue weighted by atomic mass is 16.5. The van der Waals surface area contributed by atoms with Crippen LogP contribution in [0, 0.1) is 0 Å². The van der Waals surface area contributed by atoms with Crippen molar-refractivity contribution in [2.75, 3.05) is 26.7 Å². The zero-order chi connectivity index (χ0) is 17.8. The number of imide groups is 1. The number of hydrogen-bond donors (Lipinski definition) is 1. The third-order valence-corrected chi connectivity index (χ3v) is 4.80. The molecule has 2 fully saturated rings. The van der Waals surface area contributed by atoms with E-state index in [0.717, 1.165) is 41.9 Å². The molecule has 1 aromatic rings. The number of hydrogen-bond acceptors (Lipinski definition) is 4. The molecule has 0 aromatic heterocycles. The molecule has 2 aliphatic rings. The maximum absolute atomic E-state index is 12.8. The lowest BCUT2D eigenvalue weighted by atomic mass is 10.0. The van der Waals surface area contributed by atoms with Gasteiger partial charge in [0, 0.05) is 6.54 Å². The van der Waals surface area contributed by atoms with Crippen molar-refractivity contribution in [2.24, 2.45) is 0 Å². The lowest BCUT2D eigenvalue weighted by Crippen LogP contribution is -2.44. The second-order valence-corrected chi connectivity index (χ2v) is 6.36. The second kappa shape index (κ2) is 7.55. The Hall–Kier alpha value is -2.57. The van der Waals surface area contributed by atoms with Crippen LogP contribution in [0.25, 0.3) is 0 Å². The van der Waals surface area contributed by atoms with Crippen molar-refractivity contribution < 1.29 is 19.1 Å². The zero-order valence-electron chi connectivity index (χ0n) is 14.4. The highest BCUT2D eigenvalue weighted by Crippen LogP contribution is 2.31. The molecule has 0 spiro atoms. The quantitative estimate of drug-likeness (QED) is 0.842. The molecular formula is C18H23N3O4. The van der Waals surface area contributed by atoms with Crippen molar-refractivity contribution in [3.8, 4) is 5.75 Å². The van der Waals surface area contributed by atoms with E-state index >= 15 is 0 Å². The van der Waals surface area contributed by atoms with Crippen LogP contribution >= 0.6 is 0 Å². The van der Waals surface area contributed by atoms with E-state index in [1.165, 1.54) is 0 Å². The zero-order valence-corrected chi connectivity index (χ0v) is 14.4. The molecule has 2 saturated heterocycles. The number of benzene rings is 1. The van der Waals surface area contributed by atoms with Gasteiger partial charge in [-0.3, -0.25) is 14.5 Å². The van der Waals surface area contributed by atoms with Crippen molar-refractivity contribution >= 4 is 17.8 Å². The Morgan fingerprint density at radius 1 is 1.20 bits per heavy atom. The van der Waals surface area contributed by atoms with Crippen molar-refractivity contribution in [3.05, 3.63) is 29.8 Å². The molecule has 25 heavy (non-hydrogen) atoms. The van der Waals surface area contributed by atoms with Crippen LogP contribution in [0.2, 0.25) is 0 Å². The van der Waals surface area contributed by atoms with Gasteiger partial charge in [0.25, 0.3) is 5.91 Å². The van der Waals surface area contributed by atoms with Gasteiger partial charge in [0.1, 0.15) is 12.3 Å². The molecule has 1 N–H and O–H groups in total. The van der Waals surface area contributed by atoms with Crippen LogP contribution in [0.3, 0.4) is 0 Å². The van der Waals surface area contributed by atoms with Gasteiger partial charge in [0.15, 0.2) is 0 Å². The number of ether oxygens (including phenoxy) is 1. The van der Waals surface area contributed by atoms with Crippen LogP contribution in [0.15, 0.2) is 24.3 Å². The van der Waals surface area contributed by atoms with Crippen molar-refractivity contribution in [3.63, 3.8) is 0 Å². The van der Waals surface area contributed by atoms with Crippen molar-refractivity contribution in [2.45, 2.75) is 31.7 Å². The number of amides is 4. The van der Waals surface area contributed by atoms with Crippen LogP contribution in [0.5, 0.6) is 5.75 Å². The number of methoxy groups -OCH3 is 1. The average molecular weight is 345 g/mol. The topological polar surface area (TPSA) is 79.0 Å². The molecule has 3 rings (SSSR count). The first kappa shape index (κ1) is 17.3. The first-order valence-corrected chi connectivity index (χ1v) is 8.62. The number of likely N-dealkylation sites (tertiary alicyclic amines) is 1. The lowest BCUT2D eigenvalue weighted by molar-refractivity contribution is -0.138. The Morgan fingerprint density at radius 3 is 2.60 bits per heavy atom. The Balaban J connectivity index is 1.78. The summed E-state index contributed by atoms with van der Waals surface area (Å²) in [5.41, 5.74) is 1.05. The van der Waals surface area contributed by atoms with E-state index in [-0.39, 0.29) is 30.9 Å². The molecule has 0 aliphatic carbocycles. The maximum atomic E-state index is 12.8. The summed E-state index contributed by atoms with van der Waals surface area (Å²) in [6, 6.07) is 7.20. The Morgan fingerprint density at radius 2 is 1.96 bits per heavy atom. The van der Waals surface area contributed by atoms with Crippen LogP contribution in [0.1, 0.15) is 37.3 Å². The number of nitrogens with zero attached hydrogens (tertiary/aromatic N) is 2. The van der Waals surface area contributed by atoms with Gasteiger partial charge >= 0.3 is 6.03 Å². The van der Waals surface area contributed by atoms with E-state index in [1.807, 2.05) is 29.2 Å². The predicted molar refractivity (Wildman–Crippen MR) is 91.0 cm³/mol. The SMILES string of the molecule is COc1ccc([C@@H]2CCCCCN2C(=O)CN2C(=O)CNC2=O)cc1. The number of carbonyl (C=O) groups is 3. The van der Waals surface area contributed by atoms with Crippen LogP contribution in [-0.2, 0) is 9.59 Å². The summed E-state index contributed by atoms with van der Waals surface area (Å²) in [7, 11) is 1.62. The number of rotatable bonds is 4. The van der Waals surface area contributed by atoms with Gasteiger partial charge in [-0.05, 0) is 30.5 Å². The van der Waals surface area contributed by atoms with Crippen LogP contribution in [-0.4, -0.2) is 54.4 Å². The van der Waals surface area contributed by atoms with Gasteiger partial charge in [-0.1, -0.05) is 25.0 Å². The highest BCUT2D eigenvalue weighted by molar-refractivity contribution is 6.04. The molecule has 2 aliphatic heterocycles. The largest absolute Gasteiger partial charge is 0.497 e. The van der Waals surface area contributed by atoms with Gasteiger partial charge in [0.05, 0.1) is 19.7 Å². The van der Waals surface area contributed by atoms with Gasteiger partial charge in [-0.2, -0.15) is 0 Å². The Labute approximate surface area is 146 Å². The maximum Gasteiger partial charge on any atom is 0.325 e. The van der Waals surface area contributed by atoms with E-state index in [0.29, 0.717) is 6.54 Å². The van der Waals surface area contributed by atoms with E-state index in [9.17, 15) is 14.4 Å². The molecule has 1 aromatic carbocycles. The van der Waals surface area contributed by atoms with Crippen molar-refractivity contribution in [1.29, 1.82) is 0 Å². The fourth-order valence-corrected chi connectivity index (χ4v) is 3.42. The van der Waals surface area contributed by atoms with Gasteiger partial charge in [0.2, 0.25) is 5.91 Å². The van der Waals surface area contributed by atoms with E-state index < -0.39 is 6.03 Å². The van der Waals surface area contributed by atoms with Gasteiger partial charge < -0.3 is 15.0 Å². The summed E-state index contributed by atoms with van der Waals surface area (Å²) in [6.07, 6.45) is 3.92. The standard InChI is InChI=1S/C18H23N3O4/c1-25-14-8-6-13(7-9-14)15-5-3-2-4-10-20(15)17(23)12-21-16(22)11-19-18(21)24/h6-9,15H,2-5,10-12H2,1H3,(H,19,24)/t15-/m0/s1. The predicted octanol–water partition coefficient (Wildman–Crippen LogP) is 1.69. The molecule has 7 nitrogen and oxygen atoms in total. The number of carbonyl (C=O) groups excluding carboxylic acids is 3. The molecule has 0 saturated carbocycles. The van der Waals surface area contributed by atoms with Crippen molar-refractivity contribution in [1.82, 2.24) is 15.1 Å². The molecule has 1 atom stereocenters. The van der Waals surface area contributed by atoms with Gasteiger partial charge in [-0.15, -0.1) is 0 Å². The summed E-state index contributed by atoms with van der Waals surface area (Å²) >= 11 is 0. The summed E-state index contributed by atoms with van der Waals surface area (Å²) in [6.45, 7) is 0.407. The normalized spacial score (nSPS) is 21.1. The molecule has 7 heteroatoms. The smallest absolute Gasteiger partial charge is 0.325 e. The molecule has 134 valence electrons. The fraction of sp³-hybridized carbons (Fsp3) is 0.500. The summed E-state index contributed by atoms with van der Waals surface area (Å²) in [5, 5.41) is 2.45. The first-order valence-electron chi connectivity index (χ1n) is 8.62. The average Bonchev–Trinajstić information content (AvgIpc) is 2.83. The Kier molecular flexibility index (Phi) is 5.21. The Bertz CT molecular complexity index is 643. The van der Waals surface area contributed by atoms with E-state index in [1.54, 1.807) is 7.11 Å². The highest BCUT2D eigenvalue weighted by Gasteiger charge is 2.34. The molecule has 0 radical (unpaired) electrons.